The Kier molecular flexibility index (Phi) is 4.26. The average Bonchev–Trinajstić information content (AvgIpc) is 2.67. The van der Waals surface area contributed by atoms with E-state index in [9.17, 15) is 0 Å². The van der Waals surface area contributed by atoms with Crippen LogP contribution in [-0.4, -0.2) is 10.2 Å². The van der Waals surface area contributed by atoms with Gasteiger partial charge < -0.3 is 22.6 Å². The second-order valence-electron chi connectivity index (χ2n) is 2.76. The number of hydrogen-bond acceptors (Lipinski definition) is 3. The Morgan fingerprint density at radius 2 is 1.87 bits per heavy atom. The molecule has 0 bridgehead atoms. The summed E-state index contributed by atoms with van der Waals surface area (Å²) in [6.45, 7) is 0.517. The van der Waals surface area contributed by atoms with Crippen LogP contribution < -0.4 is 18.1 Å². The molecule has 1 heterocycles. The van der Waals surface area contributed by atoms with Gasteiger partial charge in [0, 0.05) is 10.0 Å². The first kappa shape index (κ1) is 12.2. The lowest BCUT2D eigenvalue weighted by Crippen LogP contribution is -3.00. The third-order valence-corrected chi connectivity index (χ3v) is 2.30. The molecule has 3 N–H and O–H groups in total. The Morgan fingerprint density at radius 3 is 2.40 bits per heavy atom. The lowest BCUT2D eigenvalue weighted by Gasteiger charge is -1.93. The molecule has 0 aliphatic carbocycles. The van der Waals surface area contributed by atoms with Crippen LogP contribution in [0.5, 0.6) is 0 Å². The van der Waals surface area contributed by atoms with Crippen molar-refractivity contribution in [1.82, 2.24) is 10.2 Å². The molecule has 2 rings (SSSR count). The van der Waals surface area contributed by atoms with E-state index in [1.54, 1.807) is 0 Å². The Hall–Kier alpha value is -0.910. The van der Waals surface area contributed by atoms with Crippen LogP contribution in [0.15, 0.2) is 33.2 Å². The van der Waals surface area contributed by atoms with Crippen molar-refractivity contribution in [3.8, 4) is 11.5 Å². The fourth-order valence-corrected chi connectivity index (χ4v) is 1.33. The second kappa shape index (κ2) is 5.25. The third-order valence-electron chi connectivity index (χ3n) is 1.77. The second-order valence-corrected chi connectivity index (χ2v) is 3.67. The molecule has 0 unspecified atom stereocenters. The summed E-state index contributed by atoms with van der Waals surface area (Å²) in [7, 11) is 0. The summed E-state index contributed by atoms with van der Waals surface area (Å²) in [5.41, 5.74) is 4.59. The molecule has 0 spiro atoms. The first-order valence-corrected chi connectivity index (χ1v) is 4.96. The number of rotatable bonds is 2. The van der Waals surface area contributed by atoms with Gasteiger partial charge in [-0.1, -0.05) is 15.9 Å². The fourth-order valence-electron chi connectivity index (χ4n) is 1.06. The van der Waals surface area contributed by atoms with E-state index in [2.05, 4.69) is 31.9 Å². The van der Waals surface area contributed by atoms with Crippen molar-refractivity contribution in [3.63, 3.8) is 0 Å². The van der Waals surface area contributed by atoms with Crippen LogP contribution in [0.25, 0.3) is 11.5 Å². The van der Waals surface area contributed by atoms with Gasteiger partial charge >= 0.3 is 0 Å². The summed E-state index contributed by atoms with van der Waals surface area (Å²) in [5, 5.41) is 7.76. The molecular formula is C9H9BrClN3O. The number of aromatic nitrogens is 2. The highest BCUT2D eigenvalue weighted by Gasteiger charge is 2.07. The molecule has 0 atom stereocenters. The van der Waals surface area contributed by atoms with Gasteiger partial charge in [0.15, 0.2) is 6.54 Å². The zero-order valence-electron chi connectivity index (χ0n) is 7.78. The maximum Gasteiger partial charge on any atom is 0.271 e. The maximum atomic E-state index is 5.36. The van der Waals surface area contributed by atoms with Gasteiger partial charge in [-0.3, -0.25) is 0 Å². The maximum absolute atomic E-state index is 5.36. The summed E-state index contributed by atoms with van der Waals surface area (Å²) in [6, 6.07) is 7.71. The normalized spacial score (nSPS) is 9.73. The van der Waals surface area contributed by atoms with E-state index >= 15 is 0 Å². The molecule has 6 heteroatoms. The molecule has 0 fully saturated rings. The van der Waals surface area contributed by atoms with Gasteiger partial charge in [0.1, 0.15) is 0 Å². The minimum atomic E-state index is 0. The molecule has 0 radical (unpaired) electrons. The SMILES string of the molecule is [Cl-].[NH3+]Cc1nnc(-c2ccc(Br)cc2)o1. The van der Waals surface area contributed by atoms with Crippen molar-refractivity contribution in [2.24, 2.45) is 0 Å². The highest BCUT2D eigenvalue weighted by atomic mass is 79.9. The average molecular weight is 291 g/mol. The van der Waals surface area contributed by atoms with Crippen LogP contribution >= 0.6 is 15.9 Å². The van der Waals surface area contributed by atoms with Crippen LogP contribution in [0.3, 0.4) is 0 Å². The number of quaternary nitrogens is 1. The smallest absolute Gasteiger partial charge is 0.271 e. The highest BCUT2D eigenvalue weighted by Crippen LogP contribution is 2.19. The van der Waals surface area contributed by atoms with Crippen molar-refractivity contribution in [2.45, 2.75) is 6.54 Å². The molecule has 0 aliphatic rings. The standard InChI is InChI=1S/C9H8BrN3O.ClH/c10-7-3-1-6(2-4-7)9-13-12-8(5-11)14-9;/h1-4H,5,11H2;1H. The monoisotopic (exact) mass is 289 g/mol. The van der Waals surface area contributed by atoms with Gasteiger partial charge in [0.2, 0.25) is 5.89 Å². The summed E-state index contributed by atoms with van der Waals surface area (Å²) in [6.07, 6.45) is 0. The Morgan fingerprint density at radius 1 is 1.20 bits per heavy atom. The molecule has 0 saturated carbocycles. The first-order valence-electron chi connectivity index (χ1n) is 4.17. The van der Waals surface area contributed by atoms with Crippen LogP contribution in [0.4, 0.5) is 0 Å². The number of halogens is 2. The molecule has 0 aliphatic heterocycles. The van der Waals surface area contributed by atoms with E-state index in [0.717, 1.165) is 10.0 Å². The summed E-state index contributed by atoms with van der Waals surface area (Å²) < 4.78 is 6.38. The van der Waals surface area contributed by atoms with Crippen LogP contribution in [0.1, 0.15) is 5.89 Å². The van der Waals surface area contributed by atoms with E-state index in [0.29, 0.717) is 18.3 Å². The quantitative estimate of drug-likeness (QED) is 0.713. The predicted molar refractivity (Wildman–Crippen MR) is 54.0 cm³/mol. The lowest BCUT2D eigenvalue weighted by molar-refractivity contribution is -0.391. The van der Waals surface area contributed by atoms with Gasteiger partial charge in [-0.2, -0.15) is 0 Å². The Balaban J connectivity index is 0.00000112. The molecule has 15 heavy (non-hydrogen) atoms. The largest absolute Gasteiger partial charge is 1.00 e. The summed E-state index contributed by atoms with van der Waals surface area (Å²) >= 11 is 3.36. The van der Waals surface area contributed by atoms with Crippen molar-refractivity contribution >= 4 is 15.9 Å². The summed E-state index contributed by atoms with van der Waals surface area (Å²) in [4.78, 5) is 0. The zero-order valence-corrected chi connectivity index (χ0v) is 10.1. The summed E-state index contributed by atoms with van der Waals surface area (Å²) in [5.74, 6) is 1.10. The van der Waals surface area contributed by atoms with E-state index in [1.165, 1.54) is 0 Å². The van der Waals surface area contributed by atoms with E-state index < -0.39 is 0 Å². The molecule has 1 aromatic carbocycles. The minimum absolute atomic E-state index is 0. The van der Waals surface area contributed by atoms with Crippen molar-refractivity contribution in [2.75, 3.05) is 0 Å². The number of benzene rings is 1. The zero-order chi connectivity index (χ0) is 9.97. The van der Waals surface area contributed by atoms with Crippen LogP contribution in [0.2, 0.25) is 0 Å². The van der Waals surface area contributed by atoms with Gasteiger partial charge in [-0.15, -0.1) is 10.2 Å². The number of hydrogen-bond donors (Lipinski definition) is 1. The molecule has 2 aromatic rings. The van der Waals surface area contributed by atoms with Crippen LogP contribution in [-0.2, 0) is 6.54 Å². The van der Waals surface area contributed by atoms with Gasteiger partial charge in [0.25, 0.3) is 5.89 Å². The van der Waals surface area contributed by atoms with E-state index in [1.807, 2.05) is 24.3 Å². The van der Waals surface area contributed by atoms with Gasteiger partial charge in [-0.05, 0) is 24.3 Å². The minimum Gasteiger partial charge on any atom is -1.00 e. The Bertz CT molecular complexity index is 429. The molecular weight excluding hydrogens is 281 g/mol. The predicted octanol–water partition coefficient (Wildman–Crippen LogP) is -1.75. The van der Waals surface area contributed by atoms with Crippen molar-refractivity contribution in [1.29, 1.82) is 0 Å². The van der Waals surface area contributed by atoms with Gasteiger partial charge in [0.05, 0.1) is 0 Å². The molecule has 80 valence electrons. The lowest BCUT2D eigenvalue weighted by atomic mass is 10.2. The van der Waals surface area contributed by atoms with E-state index in [-0.39, 0.29) is 12.4 Å². The fraction of sp³-hybridized carbons (Fsp3) is 0.111. The molecule has 4 nitrogen and oxygen atoms in total. The van der Waals surface area contributed by atoms with Crippen molar-refractivity contribution in [3.05, 3.63) is 34.6 Å². The van der Waals surface area contributed by atoms with Crippen molar-refractivity contribution < 1.29 is 22.6 Å². The van der Waals surface area contributed by atoms with Gasteiger partial charge in [-0.25, -0.2) is 0 Å². The highest BCUT2D eigenvalue weighted by molar-refractivity contribution is 9.10. The number of nitrogens with zero attached hydrogens (tertiary/aromatic N) is 2. The third kappa shape index (κ3) is 2.77. The topological polar surface area (TPSA) is 66.6 Å². The Labute approximate surface area is 101 Å². The molecule has 0 amide bonds. The first-order chi connectivity index (χ1) is 6.79. The molecule has 1 aromatic heterocycles. The van der Waals surface area contributed by atoms with E-state index in [4.69, 9.17) is 4.42 Å². The van der Waals surface area contributed by atoms with Crippen LogP contribution in [0, 0.1) is 0 Å². The molecule has 0 saturated heterocycles.